The van der Waals surface area contributed by atoms with Crippen LogP contribution in [0.4, 0.5) is 0 Å². The smallest absolute Gasteiger partial charge is 0.0469 e. The van der Waals surface area contributed by atoms with Gasteiger partial charge in [-0.25, -0.2) is 0 Å². The van der Waals surface area contributed by atoms with Gasteiger partial charge in [0.1, 0.15) is 0 Å². The quantitative estimate of drug-likeness (QED) is 0.717. The highest BCUT2D eigenvalue weighted by molar-refractivity contribution is 4.83. The first-order valence-electron chi connectivity index (χ1n) is 7.42. The molecule has 1 unspecified atom stereocenters. The fraction of sp³-hybridized carbons (Fsp3) is 1.00. The molecule has 3 heteroatoms. The van der Waals surface area contributed by atoms with E-state index in [-0.39, 0.29) is 0 Å². The van der Waals surface area contributed by atoms with Crippen molar-refractivity contribution in [2.45, 2.75) is 45.1 Å². The van der Waals surface area contributed by atoms with E-state index >= 15 is 0 Å². The Hall–Kier alpha value is -0.120. The van der Waals surface area contributed by atoms with Crippen molar-refractivity contribution in [1.29, 1.82) is 0 Å². The summed E-state index contributed by atoms with van der Waals surface area (Å²) in [5, 5.41) is 3.58. The lowest BCUT2D eigenvalue weighted by atomic mass is 9.99. The average molecular weight is 240 g/mol. The van der Waals surface area contributed by atoms with E-state index in [0.717, 1.165) is 25.2 Å². The highest BCUT2D eigenvalue weighted by Crippen LogP contribution is 2.22. The standard InChI is InChI=1S/C14H28N2O/c1-2-7-15-11-14-4-3-8-16(14)12-13-5-9-17-10-6-13/h13-15H,2-12H2,1H3. The molecule has 2 aliphatic heterocycles. The maximum Gasteiger partial charge on any atom is 0.0469 e. The van der Waals surface area contributed by atoms with Gasteiger partial charge < -0.3 is 10.1 Å². The van der Waals surface area contributed by atoms with Crippen LogP contribution in [0.25, 0.3) is 0 Å². The van der Waals surface area contributed by atoms with Crippen LogP contribution >= 0.6 is 0 Å². The molecule has 100 valence electrons. The first-order chi connectivity index (χ1) is 8.40. The number of nitrogens with one attached hydrogen (secondary N) is 1. The van der Waals surface area contributed by atoms with Gasteiger partial charge in [-0.1, -0.05) is 6.92 Å². The molecule has 0 amide bonds. The minimum absolute atomic E-state index is 0.796. The molecule has 0 spiro atoms. The molecule has 2 fully saturated rings. The Morgan fingerprint density at radius 3 is 2.82 bits per heavy atom. The number of rotatable bonds is 6. The van der Waals surface area contributed by atoms with E-state index in [1.807, 2.05) is 0 Å². The zero-order valence-electron chi connectivity index (χ0n) is 11.3. The summed E-state index contributed by atoms with van der Waals surface area (Å²) in [6.07, 6.45) is 6.56. The zero-order valence-corrected chi connectivity index (χ0v) is 11.3. The van der Waals surface area contributed by atoms with Crippen LogP contribution in [0, 0.1) is 5.92 Å². The molecule has 1 atom stereocenters. The van der Waals surface area contributed by atoms with Gasteiger partial charge in [0.25, 0.3) is 0 Å². The van der Waals surface area contributed by atoms with Crippen molar-refractivity contribution < 1.29 is 4.74 Å². The molecule has 0 bridgehead atoms. The Balaban J connectivity index is 1.70. The minimum atomic E-state index is 0.796. The fourth-order valence-electron chi connectivity index (χ4n) is 3.07. The first-order valence-corrected chi connectivity index (χ1v) is 7.42. The molecule has 0 radical (unpaired) electrons. The highest BCUT2D eigenvalue weighted by atomic mass is 16.5. The summed E-state index contributed by atoms with van der Waals surface area (Å²) < 4.78 is 5.44. The molecule has 3 nitrogen and oxygen atoms in total. The maximum atomic E-state index is 5.44. The van der Waals surface area contributed by atoms with Crippen LogP contribution in [0.15, 0.2) is 0 Å². The number of nitrogens with zero attached hydrogens (tertiary/aromatic N) is 1. The monoisotopic (exact) mass is 240 g/mol. The van der Waals surface area contributed by atoms with Crippen LogP contribution in [0.1, 0.15) is 39.0 Å². The molecular weight excluding hydrogens is 212 g/mol. The molecule has 0 aromatic heterocycles. The van der Waals surface area contributed by atoms with E-state index in [9.17, 15) is 0 Å². The van der Waals surface area contributed by atoms with Crippen LogP contribution in [0.2, 0.25) is 0 Å². The summed E-state index contributed by atoms with van der Waals surface area (Å²) in [5.74, 6) is 0.885. The molecule has 0 aromatic carbocycles. The van der Waals surface area contributed by atoms with Crippen LogP contribution in [-0.2, 0) is 4.74 Å². The Labute approximate surface area is 106 Å². The summed E-state index contributed by atoms with van der Waals surface area (Å²) in [5.41, 5.74) is 0. The SMILES string of the molecule is CCCNCC1CCCN1CC1CCOCC1. The summed E-state index contributed by atoms with van der Waals surface area (Å²) in [4.78, 5) is 2.72. The van der Waals surface area contributed by atoms with E-state index in [0.29, 0.717) is 0 Å². The van der Waals surface area contributed by atoms with Gasteiger partial charge >= 0.3 is 0 Å². The number of hydrogen-bond donors (Lipinski definition) is 1. The summed E-state index contributed by atoms with van der Waals surface area (Å²) in [6, 6.07) is 0.796. The minimum Gasteiger partial charge on any atom is -0.381 e. The third kappa shape index (κ3) is 4.23. The third-order valence-electron chi connectivity index (χ3n) is 4.14. The van der Waals surface area contributed by atoms with Crippen molar-refractivity contribution in [3.8, 4) is 0 Å². The van der Waals surface area contributed by atoms with Gasteiger partial charge in [0, 0.05) is 32.3 Å². The van der Waals surface area contributed by atoms with Gasteiger partial charge in [-0.3, -0.25) is 4.90 Å². The highest BCUT2D eigenvalue weighted by Gasteiger charge is 2.26. The predicted octanol–water partition coefficient (Wildman–Crippen LogP) is 1.88. The van der Waals surface area contributed by atoms with E-state index in [1.54, 1.807) is 0 Å². The summed E-state index contributed by atoms with van der Waals surface area (Å²) in [7, 11) is 0. The van der Waals surface area contributed by atoms with Gasteiger partial charge in [-0.05, 0) is 51.1 Å². The molecule has 1 N–H and O–H groups in total. The number of likely N-dealkylation sites (tertiary alicyclic amines) is 1. The van der Waals surface area contributed by atoms with E-state index in [1.165, 1.54) is 58.3 Å². The van der Waals surface area contributed by atoms with Crippen LogP contribution in [0.5, 0.6) is 0 Å². The van der Waals surface area contributed by atoms with Crippen LogP contribution < -0.4 is 5.32 Å². The molecule has 2 heterocycles. The van der Waals surface area contributed by atoms with Gasteiger partial charge in [0.05, 0.1) is 0 Å². The molecule has 0 aliphatic carbocycles. The second-order valence-corrected chi connectivity index (χ2v) is 5.55. The molecule has 0 aromatic rings. The van der Waals surface area contributed by atoms with Crippen molar-refractivity contribution in [2.75, 3.05) is 39.4 Å². The Morgan fingerprint density at radius 1 is 1.24 bits per heavy atom. The summed E-state index contributed by atoms with van der Waals surface area (Å²) in [6.45, 7) is 9.19. The summed E-state index contributed by atoms with van der Waals surface area (Å²) >= 11 is 0. The van der Waals surface area contributed by atoms with Crippen LogP contribution in [0.3, 0.4) is 0 Å². The van der Waals surface area contributed by atoms with E-state index in [2.05, 4.69) is 17.1 Å². The van der Waals surface area contributed by atoms with Gasteiger partial charge in [0.15, 0.2) is 0 Å². The van der Waals surface area contributed by atoms with Crippen molar-refractivity contribution in [3.05, 3.63) is 0 Å². The lowest BCUT2D eigenvalue weighted by molar-refractivity contribution is 0.0507. The van der Waals surface area contributed by atoms with Gasteiger partial charge in [-0.15, -0.1) is 0 Å². The lowest BCUT2D eigenvalue weighted by Gasteiger charge is -2.31. The predicted molar refractivity (Wildman–Crippen MR) is 71.3 cm³/mol. The maximum absolute atomic E-state index is 5.44. The Kier molecular flexibility index (Phi) is 5.75. The molecule has 2 rings (SSSR count). The normalized spacial score (nSPS) is 27.7. The lowest BCUT2D eigenvalue weighted by Crippen LogP contribution is -2.41. The van der Waals surface area contributed by atoms with Crippen molar-refractivity contribution >= 4 is 0 Å². The zero-order chi connectivity index (χ0) is 11.9. The van der Waals surface area contributed by atoms with Crippen molar-refractivity contribution in [3.63, 3.8) is 0 Å². The second-order valence-electron chi connectivity index (χ2n) is 5.55. The average Bonchev–Trinajstić information content (AvgIpc) is 2.79. The molecule has 17 heavy (non-hydrogen) atoms. The van der Waals surface area contributed by atoms with E-state index in [4.69, 9.17) is 4.74 Å². The second kappa shape index (κ2) is 7.34. The molecule has 0 saturated carbocycles. The Morgan fingerprint density at radius 2 is 2.06 bits per heavy atom. The fourth-order valence-corrected chi connectivity index (χ4v) is 3.07. The molecule has 2 saturated heterocycles. The van der Waals surface area contributed by atoms with Gasteiger partial charge in [0.2, 0.25) is 0 Å². The molecule has 2 aliphatic rings. The van der Waals surface area contributed by atoms with Crippen LogP contribution in [-0.4, -0.2) is 50.3 Å². The van der Waals surface area contributed by atoms with Crippen molar-refractivity contribution in [2.24, 2.45) is 5.92 Å². The number of hydrogen-bond acceptors (Lipinski definition) is 3. The first kappa shape index (κ1) is 13.3. The Bertz CT molecular complexity index is 204. The molecular formula is C14H28N2O. The topological polar surface area (TPSA) is 24.5 Å². The van der Waals surface area contributed by atoms with Gasteiger partial charge in [-0.2, -0.15) is 0 Å². The number of ether oxygens (including phenoxy) is 1. The largest absolute Gasteiger partial charge is 0.381 e. The third-order valence-corrected chi connectivity index (χ3v) is 4.14. The van der Waals surface area contributed by atoms with Crippen molar-refractivity contribution in [1.82, 2.24) is 10.2 Å². The van der Waals surface area contributed by atoms with E-state index < -0.39 is 0 Å².